The lowest BCUT2D eigenvalue weighted by Gasteiger charge is -2.28. The largest absolute Gasteiger partial charge is 0.398 e. The predicted octanol–water partition coefficient (Wildman–Crippen LogP) is 4.92. The molecule has 0 unspecified atom stereocenters. The van der Waals surface area contributed by atoms with E-state index in [1.807, 2.05) is 30.4 Å². The van der Waals surface area contributed by atoms with Crippen molar-refractivity contribution in [2.45, 2.75) is 32.1 Å². The molecule has 24 heavy (non-hydrogen) atoms. The highest BCUT2D eigenvalue weighted by molar-refractivity contribution is 5.53. The molecule has 0 amide bonds. The Morgan fingerprint density at radius 3 is 2.12 bits per heavy atom. The summed E-state index contributed by atoms with van der Waals surface area (Å²) < 4.78 is 0. The van der Waals surface area contributed by atoms with Gasteiger partial charge in [-0.2, -0.15) is 5.26 Å². The van der Waals surface area contributed by atoms with E-state index < -0.39 is 0 Å². The van der Waals surface area contributed by atoms with Crippen LogP contribution in [0.5, 0.6) is 0 Å². The normalized spacial score (nSPS) is 10.9. The maximum Gasteiger partial charge on any atom is 0.0994 e. The Morgan fingerprint density at radius 2 is 1.54 bits per heavy atom. The molecular weight excluding hydrogens is 292 g/mol. The Balaban J connectivity index is 2.52. The number of hydrogen-bond donors (Lipinski definition) is 1. The summed E-state index contributed by atoms with van der Waals surface area (Å²) in [6.07, 6.45) is 5.14. The summed E-state index contributed by atoms with van der Waals surface area (Å²) in [5.41, 5.74) is 11.9. The van der Waals surface area contributed by atoms with Gasteiger partial charge in [-0.15, -0.1) is 13.2 Å². The fraction of sp³-hybridized carbons (Fsp3) is 0.227. The van der Waals surface area contributed by atoms with Gasteiger partial charge < -0.3 is 5.73 Å². The Morgan fingerprint density at radius 1 is 1.00 bits per heavy atom. The summed E-state index contributed by atoms with van der Waals surface area (Å²) in [4.78, 5) is 0. The molecule has 122 valence electrons. The number of allylic oxidation sites excluding steroid dienone is 2. The average molecular weight is 316 g/mol. The fourth-order valence-electron chi connectivity index (χ4n) is 2.91. The van der Waals surface area contributed by atoms with Crippen LogP contribution in [0.15, 0.2) is 61.7 Å². The molecular formula is C22H24N2. The Labute approximate surface area is 144 Å². The lowest BCUT2D eigenvalue weighted by Crippen LogP contribution is -2.20. The van der Waals surface area contributed by atoms with Crippen LogP contribution in [-0.2, 0) is 18.3 Å². The van der Waals surface area contributed by atoms with E-state index in [0.29, 0.717) is 12.0 Å². The van der Waals surface area contributed by atoms with Gasteiger partial charge >= 0.3 is 0 Å². The zero-order valence-electron chi connectivity index (χ0n) is 14.5. The monoisotopic (exact) mass is 316 g/mol. The standard InChI is InChI=1S/C22H24N2/c1-5-7-16-13-19(10-9-18(16)15-23)22(3,4)20-11-12-21(24)17(14-20)8-6-2/h5-6,9-14H,1-2,7-8,24H2,3-4H3. The SMILES string of the molecule is C=CCc1cc(C(C)(C)c2ccc(C#N)c(CC=C)c2)ccc1N. The van der Waals surface area contributed by atoms with Crippen molar-refractivity contribution in [3.63, 3.8) is 0 Å². The van der Waals surface area contributed by atoms with E-state index in [-0.39, 0.29) is 5.41 Å². The highest BCUT2D eigenvalue weighted by Crippen LogP contribution is 2.34. The number of hydrogen-bond acceptors (Lipinski definition) is 2. The highest BCUT2D eigenvalue weighted by atomic mass is 14.6. The molecule has 2 N–H and O–H groups in total. The van der Waals surface area contributed by atoms with Crippen molar-refractivity contribution in [3.05, 3.63) is 89.5 Å². The van der Waals surface area contributed by atoms with E-state index in [4.69, 9.17) is 5.73 Å². The van der Waals surface area contributed by atoms with Gasteiger partial charge in [0.25, 0.3) is 0 Å². The van der Waals surface area contributed by atoms with Crippen LogP contribution in [0.4, 0.5) is 5.69 Å². The van der Waals surface area contributed by atoms with Crippen LogP contribution in [0.1, 0.15) is 41.7 Å². The van der Waals surface area contributed by atoms with Gasteiger partial charge in [-0.05, 0) is 47.2 Å². The van der Waals surface area contributed by atoms with Crippen molar-refractivity contribution in [1.82, 2.24) is 0 Å². The van der Waals surface area contributed by atoms with Crippen molar-refractivity contribution in [1.29, 1.82) is 5.26 Å². The number of benzene rings is 2. The molecule has 2 rings (SSSR count). The number of nitrogen functional groups attached to an aromatic ring is 1. The van der Waals surface area contributed by atoms with Gasteiger partial charge in [0, 0.05) is 11.1 Å². The first-order chi connectivity index (χ1) is 11.4. The molecule has 0 spiro atoms. The maximum atomic E-state index is 9.27. The van der Waals surface area contributed by atoms with Crippen molar-refractivity contribution in [2.24, 2.45) is 0 Å². The lowest BCUT2D eigenvalue weighted by molar-refractivity contribution is 0.639. The molecule has 0 aromatic heterocycles. The second-order valence-electron chi connectivity index (χ2n) is 6.51. The summed E-state index contributed by atoms with van der Waals surface area (Å²) in [6.45, 7) is 12.0. The summed E-state index contributed by atoms with van der Waals surface area (Å²) in [5.74, 6) is 0. The van der Waals surface area contributed by atoms with Crippen LogP contribution in [0.2, 0.25) is 0 Å². The molecule has 2 aromatic carbocycles. The molecule has 0 saturated carbocycles. The Bertz CT molecular complexity index is 807. The predicted molar refractivity (Wildman–Crippen MR) is 102 cm³/mol. The van der Waals surface area contributed by atoms with Crippen molar-refractivity contribution < 1.29 is 0 Å². The van der Waals surface area contributed by atoms with E-state index in [9.17, 15) is 5.26 Å². The molecule has 0 fully saturated rings. The minimum Gasteiger partial charge on any atom is -0.398 e. The van der Waals surface area contributed by atoms with Crippen LogP contribution < -0.4 is 5.73 Å². The van der Waals surface area contributed by atoms with Crippen LogP contribution in [0, 0.1) is 11.3 Å². The van der Waals surface area contributed by atoms with Crippen molar-refractivity contribution >= 4 is 5.69 Å². The van der Waals surface area contributed by atoms with E-state index in [0.717, 1.165) is 23.2 Å². The van der Waals surface area contributed by atoms with Crippen molar-refractivity contribution in [3.8, 4) is 6.07 Å². The first-order valence-corrected chi connectivity index (χ1v) is 8.08. The molecule has 0 aliphatic heterocycles. The third kappa shape index (κ3) is 3.41. The molecule has 0 heterocycles. The maximum absolute atomic E-state index is 9.27. The van der Waals surface area contributed by atoms with Crippen LogP contribution >= 0.6 is 0 Å². The minimum atomic E-state index is -0.187. The van der Waals surface area contributed by atoms with Crippen LogP contribution in [0.25, 0.3) is 0 Å². The fourth-order valence-corrected chi connectivity index (χ4v) is 2.91. The van der Waals surface area contributed by atoms with Gasteiger partial charge in [0.2, 0.25) is 0 Å². The van der Waals surface area contributed by atoms with E-state index in [2.05, 4.69) is 51.3 Å². The Hall–Kier alpha value is -2.79. The first-order valence-electron chi connectivity index (χ1n) is 8.08. The second kappa shape index (κ2) is 7.19. The number of nitrogens with two attached hydrogens (primary N) is 1. The molecule has 2 nitrogen and oxygen atoms in total. The molecule has 0 radical (unpaired) electrons. The minimum absolute atomic E-state index is 0.187. The topological polar surface area (TPSA) is 49.8 Å². The number of anilines is 1. The molecule has 0 atom stereocenters. The summed E-state index contributed by atoms with van der Waals surface area (Å²) in [6, 6.07) is 14.5. The van der Waals surface area contributed by atoms with Gasteiger partial charge in [-0.3, -0.25) is 0 Å². The molecule has 0 aliphatic carbocycles. The molecule has 2 heteroatoms. The average Bonchev–Trinajstić information content (AvgIpc) is 2.57. The zero-order valence-corrected chi connectivity index (χ0v) is 14.5. The first kappa shape index (κ1) is 17.6. The quantitative estimate of drug-likeness (QED) is 0.607. The zero-order chi connectivity index (χ0) is 17.7. The van der Waals surface area contributed by atoms with Gasteiger partial charge in [0.1, 0.15) is 0 Å². The molecule has 0 saturated heterocycles. The van der Waals surface area contributed by atoms with E-state index in [1.54, 1.807) is 0 Å². The molecule has 0 bridgehead atoms. The number of nitrogens with zero attached hydrogens (tertiary/aromatic N) is 1. The summed E-state index contributed by atoms with van der Waals surface area (Å²) in [7, 11) is 0. The van der Waals surface area contributed by atoms with E-state index >= 15 is 0 Å². The van der Waals surface area contributed by atoms with E-state index in [1.165, 1.54) is 11.1 Å². The van der Waals surface area contributed by atoms with Gasteiger partial charge in [-0.25, -0.2) is 0 Å². The Kier molecular flexibility index (Phi) is 5.26. The summed E-state index contributed by atoms with van der Waals surface area (Å²) in [5, 5.41) is 9.27. The smallest absolute Gasteiger partial charge is 0.0994 e. The number of nitriles is 1. The van der Waals surface area contributed by atoms with Gasteiger partial charge in [0.15, 0.2) is 0 Å². The second-order valence-corrected chi connectivity index (χ2v) is 6.51. The summed E-state index contributed by atoms with van der Waals surface area (Å²) >= 11 is 0. The van der Waals surface area contributed by atoms with Gasteiger partial charge in [-0.1, -0.05) is 50.3 Å². The lowest BCUT2D eigenvalue weighted by atomic mass is 9.76. The third-order valence-electron chi connectivity index (χ3n) is 4.54. The van der Waals surface area contributed by atoms with Crippen LogP contribution in [0.3, 0.4) is 0 Å². The van der Waals surface area contributed by atoms with Crippen LogP contribution in [-0.4, -0.2) is 0 Å². The highest BCUT2D eigenvalue weighted by Gasteiger charge is 2.24. The molecule has 0 aliphatic rings. The van der Waals surface area contributed by atoms with Gasteiger partial charge in [0.05, 0.1) is 11.6 Å². The molecule has 2 aromatic rings. The van der Waals surface area contributed by atoms with Crippen molar-refractivity contribution in [2.75, 3.05) is 5.73 Å². The third-order valence-corrected chi connectivity index (χ3v) is 4.54. The number of rotatable bonds is 6.